The van der Waals surface area contributed by atoms with Crippen LogP contribution < -0.4 is 5.32 Å². The molecular weight excluding hydrogens is 309 g/mol. The number of hydrogen-bond acceptors (Lipinski definition) is 4. The van der Waals surface area contributed by atoms with Crippen LogP contribution in [0.5, 0.6) is 0 Å². The van der Waals surface area contributed by atoms with Gasteiger partial charge >= 0.3 is 0 Å². The predicted molar refractivity (Wildman–Crippen MR) is 87.5 cm³/mol. The van der Waals surface area contributed by atoms with Gasteiger partial charge < -0.3 is 5.32 Å². The van der Waals surface area contributed by atoms with Crippen molar-refractivity contribution in [3.8, 4) is 5.82 Å². The molecule has 24 heavy (non-hydrogen) atoms. The van der Waals surface area contributed by atoms with Gasteiger partial charge in [0.15, 0.2) is 5.82 Å². The number of carbonyl (C=O) groups is 1. The van der Waals surface area contributed by atoms with Gasteiger partial charge in [-0.15, -0.1) is 0 Å². The van der Waals surface area contributed by atoms with Gasteiger partial charge in [0.25, 0.3) is 0 Å². The lowest BCUT2D eigenvalue weighted by Gasteiger charge is -2.09. The molecule has 3 aromatic rings. The summed E-state index contributed by atoms with van der Waals surface area (Å²) >= 11 is 0. The summed E-state index contributed by atoms with van der Waals surface area (Å²) in [6.07, 6.45) is 4.12. The predicted octanol–water partition coefficient (Wildman–Crippen LogP) is 3.19. The molecule has 1 aliphatic rings. The van der Waals surface area contributed by atoms with Crippen LogP contribution in [0.3, 0.4) is 0 Å². The molecular formula is C17H16FN5O. The Bertz CT molecular complexity index is 918. The van der Waals surface area contributed by atoms with E-state index >= 15 is 0 Å². The van der Waals surface area contributed by atoms with Crippen molar-refractivity contribution in [2.24, 2.45) is 5.92 Å². The van der Waals surface area contributed by atoms with Gasteiger partial charge in [0.2, 0.25) is 5.91 Å². The number of anilines is 1. The van der Waals surface area contributed by atoms with Crippen molar-refractivity contribution in [3.05, 3.63) is 42.4 Å². The first kappa shape index (κ1) is 14.7. The Morgan fingerprint density at radius 2 is 2.21 bits per heavy atom. The Balaban J connectivity index is 1.75. The first-order valence-electron chi connectivity index (χ1n) is 7.84. The number of pyridine rings is 2. The molecule has 1 fully saturated rings. The van der Waals surface area contributed by atoms with E-state index in [-0.39, 0.29) is 11.8 Å². The molecule has 0 saturated heterocycles. The number of halogens is 1. The fourth-order valence-corrected chi connectivity index (χ4v) is 2.69. The molecule has 1 unspecified atom stereocenters. The van der Waals surface area contributed by atoms with Gasteiger partial charge in [0, 0.05) is 24.6 Å². The number of amides is 1. The Hall–Kier alpha value is -2.83. The zero-order chi connectivity index (χ0) is 16.7. The lowest BCUT2D eigenvalue weighted by Crippen LogP contribution is -2.08. The molecule has 1 atom stereocenters. The van der Waals surface area contributed by atoms with E-state index in [0.29, 0.717) is 17.3 Å². The topological polar surface area (TPSA) is 72.7 Å². The molecule has 3 heterocycles. The minimum atomic E-state index is -1.02. The summed E-state index contributed by atoms with van der Waals surface area (Å²) in [6.45, 7) is 1.42. The number of rotatable bonds is 4. The molecule has 0 bridgehead atoms. The van der Waals surface area contributed by atoms with Crippen molar-refractivity contribution in [1.29, 1.82) is 0 Å². The van der Waals surface area contributed by atoms with Gasteiger partial charge in [-0.1, -0.05) is 6.07 Å². The highest BCUT2D eigenvalue weighted by molar-refractivity contribution is 5.90. The molecule has 0 aliphatic heterocycles. The summed E-state index contributed by atoms with van der Waals surface area (Å²) in [4.78, 5) is 19.8. The van der Waals surface area contributed by atoms with Crippen LogP contribution in [-0.2, 0) is 4.79 Å². The molecule has 1 aliphatic carbocycles. The monoisotopic (exact) mass is 325 g/mol. The van der Waals surface area contributed by atoms with Gasteiger partial charge in [0.05, 0.1) is 17.4 Å². The third-order valence-electron chi connectivity index (χ3n) is 4.05. The Morgan fingerprint density at radius 3 is 2.96 bits per heavy atom. The van der Waals surface area contributed by atoms with E-state index in [1.165, 1.54) is 6.92 Å². The number of nitrogens with zero attached hydrogens (tertiary/aromatic N) is 4. The Morgan fingerprint density at radius 1 is 1.38 bits per heavy atom. The first-order valence-corrected chi connectivity index (χ1v) is 7.84. The van der Waals surface area contributed by atoms with Crippen molar-refractivity contribution in [1.82, 2.24) is 19.7 Å². The maximum Gasteiger partial charge on any atom is 0.222 e. The lowest BCUT2D eigenvalue weighted by molar-refractivity contribution is -0.114. The van der Waals surface area contributed by atoms with Crippen LogP contribution in [-0.4, -0.2) is 25.7 Å². The number of nitrogens with one attached hydrogen (secondary N) is 1. The maximum atomic E-state index is 14.3. The van der Waals surface area contributed by atoms with Crippen LogP contribution >= 0.6 is 0 Å². The van der Waals surface area contributed by atoms with E-state index in [2.05, 4.69) is 20.4 Å². The molecule has 0 spiro atoms. The van der Waals surface area contributed by atoms with Gasteiger partial charge in [-0.2, -0.15) is 5.10 Å². The molecule has 0 aromatic carbocycles. The molecule has 1 amide bonds. The van der Waals surface area contributed by atoms with Crippen molar-refractivity contribution in [3.63, 3.8) is 0 Å². The minimum Gasteiger partial charge on any atom is -0.311 e. The molecule has 1 N–H and O–H groups in total. The summed E-state index contributed by atoms with van der Waals surface area (Å²) < 4.78 is 15.9. The third kappa shape index (κ3) is 2.73. The van der Waals surface area contributed by atoms with Crippen LogP contribution in [0.2, 0.25) is 0 Å². The van der Waals surface area contributed by atoms with Crippen LogP contribution in [0.15, 0.2) is 36.7 Å². The number of alkyl halides is 1. The highest BCUT2D eigenvalue weighted by Crippen LogP contribution is 2.42. The first-order chi connectivity index (χ1) is 11.6. The quantitative estimate of drug-likeness (QED) is 0.799. The molecule has 7 heteroatoms. The second kappa shape index (κ2) is 5.67. The average Bonchev–Trinajstić information content (AvgIpc) is 3.33. The summed E-state index contributed by atoms with van der Waals surface area (Å²) in [5.74, 6) is 0.885. The molecule has 3 aromatic heterocycles. The summed E-state index contributed by atoms with van der Waals surface area (Å²) in [5.41, 5.74) is 1.19. The minimum absolute atomic E-state index is 0.0951. The summed E-state index contributed by atoms with van der Waals surface area (Å²) in [6, 6.07) is 7.01. The van der Waals surface area contributed by atoms with E-state index in [9.17, 15) is 9.18 Å². The zero-order valence-corrected chi connectivity index (χ0v) is 13.1. The van der Waals surface area contributed by atoms with Crippen molar-refractivity contribution >= 4 is 22.6 Å². The number of fused-ring (bicyclic) bond motifs is 1. The van der Waals surface area contributed by atoms with Gasteiger partial charge in [-0.3, -0.25) is 4.79 Å². The largest absolute Gasteiger partial charge is 0.311 e. The van der Waals surface area contributed by atoms with E-state index < -0.39 is 6.17 Å². The van der Waals surface area contributed by atoms with E-state index in [0.717, 1.165) is 23.7 Å². The van der Waals surface area contributed by atoms with Crippen molar-refractivity contribution in [2.75, 3.05) is 5.32 Å². The Kier molecular flexibility index (Phi) is 3.48. The molecule has 4 rings (SSSR count). The average molecular weight is 325 g/mol. The zero-order valence-electron chi connectivity index (χ0n) is 13.1. The van der Waals surface area contributed by atoms with Gasteiger partial charge in [-0.25, -0.2) is 19.0 Å². The SMILES string of the molecule is CC(=O)Nc1cc2c(cn1)cnn2-c1cccc(C(F)C2CC2)n1. The highest BCUT2D eigenvalue weighted by atomic mass is 19.1. The highest BCUT2D eigenvalue weighted by Gasteiger charge is 2.33. The number of hydrogen-bond donors (Lipinski definition) is 1. The smallest absolute Gasteiger partial charge is 0.222 e. The standard InChI is InChI=1S/C17H16FN5O/c1-10(24)21-15-7-14-12(8-19-15)9-20-23(14)16-4-2-3-13(22-16)17(18)11-5-6-11/h2-4,7-9,11,17H,5-6H2,1H3,(H,19,21,24). The summed E-state index contributed by atoms with van der Waals surface area (Å²) in [5, 5.41) is 7.79. The molecule has 0 radical (unpaired) electrons. The van der Waals surface area contributed by atoms with Crippen LogP contribution in [0.4, 0.5) is 10.2 Å². The lowest BCUT2D eigenvalue weighted by atomic mass is 10.2. The molecule has 6 nitrogen and oxygen atoms in total. The second-order valence-electron chi connectivity index (χ2n) is 6.03. The second-order valence-corrected chi connectivity index (χ2v) is 6.03. The molecule has 1 saturated carbocycles. The third-order valence-corrected chi connectivity index (χ3v) is 4.05. The normalized spacial score (nSPS) is 15.4. The van der Waals surface area contributed by atoms with E-state index in [4.69, 9.17) is 0 Å². The van der Waals surface area contributed by atoms with Crippen LogP contribution in [0, 0.1) is 5.92 Å². The number of aromatic nitrogens is 4. The fourth-order valence-electron chi connectivity index (χ4n) is 2.69. The van der Waals surface area contributed by atoms with Crippen LogP contribution in [0.1, 0.15) is 31.6 Å². The fraction of sp³-hybridized carbons (Fsp3) is 0.294. The number of carbonyl (C=O) groups excluding carboxylic acids is 1. The van der Waals surface area contributed by atoms with Crippen molar-refractivity contribution < 1.29 is 9.18 Å². The van der Waals surface area contributed by atoms with E-state index in [1.54, 1.807) is 41.3 Å². The summed E-state index contributed by atoms with van der Waals surface area (Å²) in [7, 11) is 0. The Labute approximate surface area is 137 Å². The maximum absolute atomic E-state index is 14.3. The van der Waals surface area contributed by atoms with E-state index in [1.807, 2.05) is 0 Å². The van der Waals surface area contributed by atoms with Gasteiger partial charge in [-0.05, 0) is 30.9 Å². The van der Waals surface area contributed by atoms with Crippen LogP contribution in [0.25, 0.3) is 16.7 Å². The molecule has 122 valence electrons. The van der Waals surface area contributed by atoms with Gasteiger partial charge in [0.1, 0.15) is 12.0 Å². The van der Waals surface area contributed by atoms with Crippen molar-refractivity contribution in [2.45, 2.75) is 25.9 Å².